The van der Waals surface area contributed by atoms with Crippen molar-refractivity contribution in [1.82, 2.24) is 14.7 Å². The van der Waals surface area contributed by atoms with Gasteiger partial charge in [0.05, 0.1) is 18.4 Å². The van der Waals surface area contributed by atoms with Gasteiger partial charge in [0.25, 0.3) is 0 Å². The second-order valence-electron chi connectivity index (χ2n) is 6.30. The van der Waals surface area contributed by atoms with E-state index in [1.165, 1.54) is 38.0 Å². The number of nitrogens with zero attached hydrogens (tertiary/aromatic N) is 3. The highest BCUT2D eigenvalue weighted by atomic mass is 15.3. The molecule has 1 aromatic carbocycles. The SMILES string of the molecule is c1ccc(Cn2cc(NC3CCN4CCC3C4)cn2)cc1. The largest absolute Gasteiger partial charge is 0.379 e. The number of rotatable bonds is 4. The molecule has 2 bridgehead atoms. The summed E-state index contributed by atoms with van der Waals surface area (Å²) in [5, 5.41) is 8.19. The number of hydrogen-bond donors (Lipinski definition) is 1. The van der Waals surface area contributed by atoms with Crippen LogP contribution in [0.4, 0.5) is 5.69 Å². The van der Waals surface area contributed by atoms with Crippen molar-refractivity contribution in [1.29, 1.82) is 0 Å². The van der Waals surface area contributed by atoms with Crippen LogP contribution < -0.4 is 5.32 Å². The first-order chi connectivity index (χ1) is 10.4. The Kier molecular flexibility index (Phi) is 3.39. The van der Waals surface area contributed by atoms with Crippen molar-refractivity contribution < 1.29 is 0 Å². The van der Waals surface area contributed by atoms with Crippen LogP contribution in [0.3, 0.4) is 0 Å². The first-order valence-corrected chi connectivity index (χ1v) is 7.92. The average molecular weight is 282 g/mol. The molecule has 2 saturated heterocycles. The summed E-state index contributed by atoms with van der Waals surface area (Å²) in [6.07, 6.45) is 6.70. The molecule has 3 atom stereocenters. The zero-order chi connectivity index (χ0) is 14.1. The maximum Gasteiger partial charge on any atom is 0.0728 e. The van der Waals surface area contributed by atoms with Gasteiger partial charge >= 0.3 is 0 Å². The minimum atomic E-state index is 0.623. The van der Waals surface area contributed by atoms with Crippen molar-refractivity contribution >= 4 is 5.69 Å². The van der Waals surface area contributed by atoms with E-state index in [2.05, 4.69) is 45.8 Å². The Hall–Kier alpha value is -1.81. The molecule has 110 valence electrons. The van der Waals surface area contributed by atoms with E-state index in [0.717, 1.165) is 18.2 Å². The standard InChI is InChI=1S/C17H22N4/c1-2-4-14(5-3-1)11-21-13-16(10-18-21)19-17-7-9-20-8-6-15(17)12-20/h1-5,10,13,15,17,19H,6-9,11-12H2. The average Bonchev–Trinajstić information content (AvgIpc) is 3.11. The zero-order valence-corrected chi connectivity index (χ0v) is 12.3. The molecule has 1 aromatic heterocycles. The monoisotopic (exact) mass is 282 g/mol. The summed E-state index contributed by atoms with van der Waals surface area (Å²) in [5.41, 5.74) is 2.45. The predicted molar refractivity (Wildman–Crippen MR) is 84.3 cm³/mol. The number of piperidine rings is 1. The Labute approximate surface area is 125 Å². The Balaban J connectivity index is 1.40. The Morgan fingerprint density at radius 2 is 2.00 bits per heavy atom. The van der Waals surface area contributed by atoms with Gasteiger partial charge in [-0.3, -0.25) is 4.68 Å². The van der Waals surface area contributed by atoms with Gasteiger partial charge in [0.2, 0.25) is 0 Å². The van der Waals surface area contributed by atoms with Gasteiger partial charge in [0.1, 0.15) is 0 Å². The van der Waals surface area contributed by atoms with Crippen LogP contribution in [-0.2, 0) is 6.54 Å². The lowest BCUT2D eigenvalue weighted by Gasteiger charge is -2.31. The number of benzene rings is 1. The van der Waals surface area contributed by atoms with Gasteiger partial charge in [-0.15, -0.1) is 0 Å². The van der Waals surface area contributed by atoms with Crippen LogP contribution in [0, 0.1) is 5.92 Å². The maximum atomic E-state index is 4.48. The van der Waals surface area contributed by atoms with E-state index >= 15 is 0 Å². The van der Waals surface area contributed by atoms with Crippen LogP contribution in [0.5, 0.6) is 0 Å². The van der Waals surface area contributed by atoms with Crippen molar-refractivity contribution in [3.05, 3.63) is 48.3 Å². The van der Waals surface area contributed by atoms with E-state index < -0.39 is 0 Å². The maximum absolute atomic E-state index is 4.48. The highest BCUT2D eigenvalue weighted by Crippen LogP contribution is 2.29. The lowest BCUT2D eigenvalue weighted by molar-refractivity contribution is 0.255. The van der Waals surface area contributed by atoms with Crippen molar-refractivity contribution in [3.8, 4) is 0 Å². The highest BCUT2D eigenvalue weighted by Gasteiger charge is 2.34. The molecule has 2 fully saturated rings. The first-order valence-electron chi connectivity index (χ1n) is 7.92. The quantitative estimate of drug-likeness (QED) is 0.935. The van der Waals surface area contributed by atoms with Gasteiger partial charge < -0.3 is 10.2 Å². The lowest BCUT2D eigenvalue weighted by atomic mass is 9.94. The van der Waals surface area contributed by atoms with Crippen LogP contribution >= 0.6 is 0 Å². The molecular weight excluding hydrogens is 260 g/mol. The predicted octanol–water partition coefficient (Wildman–Crippen LogP) is 2.44. The summed E-state index contributed by atoms with van der Waals surface area (Å²) in [6, 6.07) is 11.1. The van der Waals surface area contributed by atoms with Gasteiger partial charge in [0, 0.05) is 25.3 Å². The van der Waals surface area contributed by atoms with Crippen LogP contribution in [-0.4, -0.2) is 40.4 Å². The third kappa shape index (κ3) is 2.81. The summed E-state index contributed by atoms with van der Waals surface area (Å²) in [4.78, 5) is 2.58. The molecule has 3 heterocycles. The normalized spacial score (nSPS) is 27.7. The summed E-state index contributed by atoms with van der Waals surface area (Å²) < 4.78 is 2.02. The molecule has 0 amide bonds. The third-order valence-corrected chi connectivity index (χ3v) is 4.81. The smallest absolute Gasteiger partial charge is 0.0728 e. The molecule has 21 heavy (non-hydrogen) atoms. The molecule has 2 aliphatic heterocycles. The second kappa shape index (κ2) is 5.53. The fourth-order valence-electron chi connectivity index (χ4n) is 3.65. The minimum absolute atomic E-state index is 0.623. The Bertz CT molecular complexity index is 592. The molecule has 2 aromatic rings. The zero-order valence-electron chi connectivity index (χ0n) is 12.3. The molecular formula is C17H22N4. The van der Waals surface area contributed by atoms with E-state index in [0.29, 0.717) is 6.04 Å². The van der Waals surface area contributed by atoms with E-state index in [9.17, 15) is 0 Å². The molecule has 0 radical (unpaired) electrons. The summed E-state index contributed by atoms with van der Waals surface area (Å²) in [5.74, 6) is 0.816. The van der Waals surface area contributed by atoms with Crippen molar-refractivity contribution in [2.45, 2.75) is 25.4 Å². The number of aromatic nitrogens is 2. The fourth-order valence-corrected chi connectivity index (χ4v) is 3.65. The van der Waals surface area contributed by atoms with Crippen LogP contribution in [0.15, 0.2) is 42.7 Å². The Morgan fingerprint density at radius 1 is 1.14 bits per heavy atom. The second-order valence-corrected chi connectivity index (χ2v) is 6.30. The van der Waals surface area contributed by atoms with Gasteiger partial charge in [0.15, 0.2) is 0 Å². The van der Waals surface area contributed by atoms with E-state index in [4.69, 9.17) is 0 Å². The van der Waals surface area contributed by atoms with E-state index in [1.54, 1.807) is 0 Å². The lowest BCUT2D eigenvalue weighted by Crippen LogP contribution is -2.39. The molecule has 4 heteroatoms. The van der Waals surface area contributed by atoms with Gasteiger partial charge in [-0.05, 0) is 30.9 Å². The number of anilines is 1. The molecule has 0 aliphatic carbocycles. The van der Waals surface area contributed by atoms with Gasteiger partial charge in [-0.2, -0.15) is 5.10 Å². The van der Waals surface area contributed by atoms with Crippen molar-refractivity contribution in [2.75, 3.05) is 25.0 Å². The molecule has 2 aliphatic rings. The third-order valence-electron chi connectivity index (χ3n) is 4.81. The van der Waals surface area contributed by atoms with Gasteiger partial charge in [-0.1, -0.05) is 30.3 Å². The number of nitrogens with one attached hydrogen (secondary N) is 1. The summed E-state index contributed by atoms with van der Waals surface area (Å²) >= 11 is 0. The summed E-state index contributed by atoms with van der Waals surface area (Å²) in [6.45, 7) is 4.64. The molecule has 3 unspecified atom stereocenters. The minimum Gasteiger partial charge on any atom is -0.379 e. The number of fused-ring (bicyclic) bond motifs is 2. The van der Waals surface area contributed by atoms with Crippen molar-refractivity contribution in [3.63, 3.8) is 0 Å². The highest BCUT2D eigenvalue weighted by molar-refractivity contribution is 5.40. The van der Waals surface area contributed by atoms with E-state index in [-0.39, 0.29) is 0 Å². The Morgan fingerprint density at radius 3 is 2.90 bits per heavy atom. The number of hydrogen-bond acceptors (Lipinski definition) is 3. The van der Waals surface area contributed by atoms with Crippen LogP contribution in [0.2, 0.25) is 0 Å². The van der Waals surface area contributed by atoms with Crippen LogP contribution in [0.25, 0.3) is 0 Å². The topological polar surface area (TPSA) is 33.1 Å². The first kappa shape index (κ1) is 12.9. The summed E-state index contributed by atoms with van der Waals surface area (Å²) in [7, 11) is 0. The molecule has 4 nitrogen and oxygen atoms in total. The molecule has 1 N–H and O–H groups in total. The van der Waals surface area contributed by atoms with Crippen LogP contribution in [0.1, 0.15) is 18.4 Å². The molecule has 4 rings (SSSR count). The fraction of sp³-hybridized carbons (Fsp3) is 0.471. The van der Waals surface area contributed by atoms with Crippen molar-refractivity contribution in [2.24, 2.45) is 5.92 Å². The van der Waals surface area contributed by atoms with Gasteiger partial charge in [-0.25, -0.2) is 0 Å². The van der Waals surface area contributed by atoms with E-state index in [1.807, 2.05) is 16.9 Å². The molecule has 0 spiro atoms. The molecule has 0 saturated carbocycles.